The number of nitriles is 1. The molecule has 0 spiro atoms. The minimum Gasteiger partial charge on any atom is -0.395 e. The van der Waals surface area contributed by atoms with Gasteiger partial charge in [0.15, 0.2) is 0 Å². The number of likely N-dealkylation sites (tertiary alicyclic amines) is 1. The number of rotatable bonds is 5. The van der Waals surface area contributed by atoms with Gasteiger partial charge in [0.2, 0.25) is 0 Å². The van der Waals surface area contributed by atoms with Gasteiger partial charge in [-0.2, -0.15) is 5.26 Å². The van der Waals surface area contributed by atoms with Gasteiger partial charge in [0.25, 0.3) is 0 Å². The normalized spacial score (nSPS) is 23.4. The Bertz CT molecular complexity index is 452. The average Bonchev–Trinajstić information content (AvgIpc) is 2.46. The Hall–Kier alpha value is -1.41. The third-order valence-corrected chi connectivity index (χ3v) is 3.91. The van der Waals surface area contributed by atoms with E-state index in [1.165, 1.54) is 11.1 Å². The lowest BCUT2D eigenvalue weighted by Crippen LogP contribution is -2.49. The van der Waals surface area contributed by atoms with Crippen LogP contribution < -0.4 is 5.32 Å². The van der Waals surface area contributed by atoms with Gasteiger partial charge in [-0.05, 0) is 24.8 Å². The van der Waals surface area contributed by atoms with E-state index >= 15 is 0 Å². The van der Waals surface area contributed by atoms with E-state index in [2.05, 4.69) is 47.5 Å². The Kier molecular flexibility index (Phi) is 5.54. The number of hydrogen-bond donors (Lipinski definition) is 2. The lowest BCUT2D eigenvalue weighted by atomic mass is 9.87. The Labute approximate surface area is 121 Å². The van der Waals surface area contributed by atoms with Crippen LogP contribution in [0, 0.1) is 18.3 Å². The van der Waals surface area contributed by atoms with Crippen LogP contribution in [0.25, 0.3) is 0 Å². The van der Waals surface area contributed by atoms with Crippen LogP contribution >= 0.6 is 0 Å². The third kappa shape index (κ3) is 4.04. The maximum atomic E-state index is 8.95. The highest BCUT2D eigenvalue weighted by atomic mass is 16.3. The molecule has 2 unspecified atom stereocenters. The molecule has 2 atom stereocenters. The quantitative estimate of drug-likeness (QED) is 0.793. The number of benzene rings is 1. The largest absolute Gasteiger partial charge is 0.395 e. The van der Waals surface area contributed by atoms with Crippen molar-refractivity contribution in [2.45, 2.75) is 25.3 Å². The maximum Gasteiger partial charge on any atom is 0.0866 e. The molecule has 2 rings (SSSR count). The first kappa shape index (κ1) is 15.0. The van der Waals surface area contributed by atoms with E-state index in [9.17, 15) is 0 Å². The van der Waals surface area contributed by atoms with Gasteiger partial charge in [0.05, 0.1) is 19.2 Å². The molecule has 20 heavy (non-hydrogen) atoms. The number of hydrogen-bond acceptors (Lipinski definition) is 4. The second kappa shape index (κ2) is 7.39. The van der Waals surface area contributed by atoms with Crippen LogP contribution in [0.15, 0.2) is 24.3 Å². The highest BCUT2D eigenvalue weighted by Gasteiger charge is 2.27. The van der Waals surface area contributed by atoms with E-state index in [1.54, 1.807) is 0 Å². The van der Waals surface area contributed by atoms with Gasteiger partial charge in [-0.3, -0.25) is 4.90 Å². The summed E-state index contributed by atoms with van der Waals surface area (Å²) in [5.41, 5.74) is 2.61. The molecule has 1 fully saturated rings. The predicted octanol–water partition coefficient (Wildman–Crippen LogP) is 1.26. The monoisotopic (exact) mass is 273 g/mol. The van der Waals surface area contributed by atoms with Crippen LogP contribution in [0.3, 0.4) is 0 Å². The molecule has 1 aromatic carbocycles. The van der Waals surface area contributed by atoms with E-state index in [-0.39, 0.29) is 6.61 Å². The minimum atomic E-state index is 0.157. The summed E-state index contributed by atoms with van der Waals surface area (Å²) in [6, 6.07) is 11.3. The van der Waals surface area contributed by atoms with Crippen LogP contribution in [0.2, 0.25) is 0 Å². The molecular weight excluding hydrogens is 250 g/mol. The topological polar surface area (TPSA) is 59.3 Å². The summed E-state index contributed by atoms with van der Waals surface area (Å²) in [6.45, 7) is 5.16. The molecule has 0 amide bonds. The van der Waals surface area contributed by atoms with Gasteiger partial charge in [-0.15, -0.1) is 0 Å². The minimum absolute atomic E-state index is 0.157. The van der Waals surface area contributed by atoms with Crippen LogP contribution in [0.4, 0.5) is 0 Å². The summed E-state index contributed by atoms with van der Waals surface area (Å²) < 4.78 is 0. The van der Waals surface area contributed by atoms with Crippen LogP contribution in [0.1, 0.15) is 23.5 Å². The van der Waals surface area contributed by atoms with Gasteiger partial charge in [-0.25, -0.2) is 0 Å². The van der Waals surface area contributed by atoms with Gasteiger partial charge in [0.1, 0.15) is 0 Å². The molecule has 1 saturated heterocycles. The lowest BCUT2D eigenvalue weighted by molar-refractivity contribution is 0.181. The van der Waals surface area contributed by atoms with E-state index < -0.39 is 0 Å². The van der Waals surface area contributed by atoms with Crippen LogP contribution in [0.5, 0.6) is 0 Å². The molecule has 0 aliphatic carbocycles. The van der Waals surface area contributed by atoms with Crippen molar-refractivity contribution in [1.29, 1.82) is 5.26 Å². The van der Waals surface area contributed by atoms with E-state index in [0.717, 1.165) is 19.5 Å². The van der Waals surface area contributed by atoms with Gasteiger partial charge < -0.3 is 10.4 Å². The van der Waals surface area contributed by atoms with Crippen molar-refractivity contribution in [2.24, 2.45) is 0 Å². The zero-order valence-corrected chi connectivity index (χ0v) is 12.0. The van der Waals surface area contributed by atoms with Gasteiger partial charge >= 0.3 is 0 Å². The Morgan fingerprint density at radius 1 is 1.35 bits per heavy atom. The van der Waals surface area contributed by atoms with Gasteiger partial charge in [0, 0.05) is 25.7 Å². The molecule has 1 aromatic rings. The van der Waals surface area contributed by atoms with Crippen molar-refractivity contribution < 1.29 is 5.11 Å². The fraction of sp³-hybridized carbons (Fsp3) is 0.562. The highest BCUT2D eigenvalue weighted by molar-refractivity contribution is 5.25. The van der Waals surface area contributed by atoms with Crippen molar-refractivity contribution >= 4 is 0 Å². The first-order valence-electron chi connectivity index (χ1n) is 7.23. The summed E-state index contributed by atoms with van der Waals surface area (Å²) in [6.07, 6.45) is 1.06. The van der Waals surface area contributed by atoms with Gasteiger partial charge in [-0.1, -0.05) is 29.8 Å². The Morgan fingerprint density at radius 2 is 2.10 bits per heavy atom. The Morgan fingerprint density at radius 3 is 2.75 bits per heavy atom. The second-order valence-electron chi connectivity index (χ2n) is 5.57. The SMILES string of the molecule is Cc1ccc(C2CC(NCCO)CN(CC#N)C2)cc1. The molecule has 1 aliphatic heterocycles. The summed E-state index contributed by atoms with van der Waals surface area (Å²) in [5.74, 6) is 0.453. The first-order valence-corrected chi connectivity index (χ1v) is 7.23. The number of nitrogens with one attached hydrogen (secondary N) is 1. The Balaban J connectivity index is 2.06. The van der Waals surface area contributed by atoms with Crippen LogP contribution in [-0.4, -0.2) is 48.8 Å². The third-order valence-electron chi connectivity index (χ3n) is 3.91. The zero-order chi connectivity index (χ0) is 14.4. The first-order chi connectivity index (χ1) is 9.72. The number of aryl methyl sites for hydroxylation is 1. The lowest BCUT2D eigenvalue weighted by Gasteiger charge is -2.37. The summed E-state index contributed by atoms with van der Waals surface area (Å²) in [5, 5.41) is 21.2. The number of nitrogens with zero attached hydrogens (tertiary/aromatic N) is 2. The molecular formula is C16H23N3O. The smallest absolute Gasteiger partial charge is 0.0866 e. The fourth-order valence-electron chi connectivity index (χ4n) is 2.92. The molecule has 4 nitrogen and oxygen atoms in total. The summed E-state index contributed by atoms with van der Waals surface area (Å²) >= 11 is 0. The predicted molar refractivity (Wildman–Crippen MR) is 79.5 cm³/mol. The number of piperidine rings is 1. The van der Waals surface area contributed by atoms with Crippen molar-refractivity contribution in [3.63, 3.8) is 0 Å². The fourth-order valence-corrected chi connectivity index (χ4v) is 2.92. The number of aliphatic hydroxyl groups is 1. The van der Waals surface area contributed by atoms with Crippen molar-refractivity contribution in [2.75, 3.05) is 32.8 Å². The maximum absolute atomic E-state index is 8.95. The highest BCUT2D eigenvalue weighted by Crippen LogP contribution is 2.27. The molecule has 0 radical (unpaired) electrons. The van der Waals surface area contributed by atoms with E-state index in [1.807, 2.05) is 0 Å². The number of aliphatic hydroxyl groups excluding tert-OH is 1. The molecule has 0 aromatic heterocycles. The molecule has 0 bridgehead atoms. The van der Waals surface area contributed by atoms with E-state index in [0.29, 0.717) is 25.0 Å². The molecule has 0 saturated carbocycles. The average molecular weight is 273 g/mol. The van der Waals surface area contributed by atoms with Crippen molar-refractivity contribution in [3.05, 3.63) is 35.4 Å². The summed E-state index contributed by atoms with van der Waals surface area (Å²) in [7, 11) is 0. The van der Waals surface area contributed by atoms with Crippen LogP contribution in [-0.2, 0) is 0 Å². The molecule has 4 heteroatoms. The van der Waals surface area contributed by atoms with Crippen molar-refractivity contribution in [3.8, 4) is 6.07 Å². The second-order valence-corrected chi connectivity index (χ2v) is 5.57. The van der Waals surface area contributed by atoms with E-state index in [4.69, 9.17) is 10.4 Å². The summed E-state index contributed by atoms with van der Waals surface area (Å²) in [4.78, 5) is 2.20. The molecule has 2 N–H and O–H groups in total. The molecule has 1 heterocycles. The molecule has 108 valence electrons. The standard InChI is InChI=1S/C16H23N3O/c1-13-2-4-14(5-3-13)15-10-16(18-7-9-20)12-19(11-15)8-6-17/h2-5,15-16,18,20H,7-12H2,1H3. The van der Waals surface area contributed by atoms with Crippen molar-refractivity contribution in [1.82, 2.24) is 10.2 Å². The zero-order valence-electron chi connectivity index (χ0n) is 12.0. The molecule has 1 aliphatic rings.